The van der Waals surface area contributed by atoms with Gasteiger partial charge in [0.25, 0.3) is 10.2 Å². The van der Waals surface area contributed by atoms with Gasteiger partial charge in [0, 0.05) is 38.5 Å². The predicted molar refractivity (Wildman–Crippen MR) is 59.3 cm³/mol. The van der Waals surface area contributed by atoms with Crippen LogP contribution in [0.1, 0.15) is 6.42 Å². The van der Waals surface area contributed by atoms with Crippen LogP contribution >= 0.6 is 11.6 Å². The van der Waals surface area contributed by atoms with Crippen molar-refractivity contribution in [3.63, 3.8) is 0 Å². The Morgan fingerprint density at radius 2 is 2.19 bits per heavy atom. The van der Waals surface area contributed by atoms with Crippen LogP contribution in [-0.2, 0) is 15.0 Å². The van der Waals surface area contributed by atoms with E-state index in [4.69, 9.17) is 11.6 Å². The van der Waals surface area contributed by atoms with Crippen LogP contribution in [0.4, 0.5) is 0 Å². The molecule has 2 fully saturated rings. The van der Waals surface area contributed by atoms with Gasteiger partial charge >= 0.3 is 0 Å². The van der Waals surface area contributed by atoms with E-state index < -0.39 is 10.2 Å². The number of carbonyl (C=O) groups is 1. The summed E-state index contributed by atoms with van der Waals surface area (Å²) in [6.07, 6.45) is 0.314. The summed E-state index contributed by atoms with van der Waals surface area (Å²) in [4.78, 5) is 13.3. The maximum atomic E-state index is 11.6. The fourth-order valence-electron chi connectivity index (χ4n) is 2.07. The number of carbonyl (C=O) groups excluding carboxylic acids is 1. The highest BCUT2D eigenvalue weighted by atomic mass is 35.5. The van der Waals surface area contributed by atoms with E-state index in [1.807, 2.05) is 0 Å². The van der Waals surface area contributed by atoms with Crippen LogP contribution in [0.3, 0.4) is 0 Å². The SMILES string of the molecule is O=C(CCCl)N1CCN2C(CNS2(=O)=O)C1. The fourth-order valence-corrected chi connectivity index (χ4v) is 3.66. The quantitative estimate of drug-likeness (QED) is 0.651. The molecule has 16 heavy (non-hydrogen) atoms. The summed E-state index contributed by atoms with van der Waals surface area (Å²) in [6, 6.07) is -0.127. The molecule has 1 unspecified atom stereocenters. The second kappa shape index (κ2) is 4.48. The summed E-state index contributed by atoms with van der Waals surface area (Å²) < 4.78 is 26.9. The second-order valence-electron chi connectivity index (χ2n) is 3.90. The maximum Gasteiger partial charge on any atom is 0.279 e. The van der Waals surface area contributed by atoms with Gasteiger partial charge in [-0.05, 0) is 0 Å². The van der Waals surface area contributed by atoms with E-state index in [-0.39, 0.29) is 11.9 Å². The minimum absolute atomic E-state index is 0.000974. The van der Waals surface area contributed by atoms with E-state index in [1.165, 1.54) is 4.31 Å². The van der Waals surface area contributed by atoms with Gasteiger partial charge in [-0.15, -0.1) is 11.6 Å². The molecule has 0 aliphatic carbocycles. The molecule has 0 bridgehead atoms. The van der Waals surface area contributed by atoms with Gasteiger partial charge in [0.2, 0.25) is 5.91 Å². The molecule has 0 radical (unpaired) electrons. The molecular formula is C8H14ClN3O3S. The van der Waals surface area contributed by atoms with E-state index in [0.29, 0.717) is 38.5 Å². The first-order valence-corrected chi connectivity index (χ1v) is 7.12. The number of nitrogens with one attached hydrogen (secondary N) is 1. The zero-order valence-corrected chi connectivity index (χ0v) is 10.3. The van der Waals surface area contributed by atoms with E-state index in [9.17, 15) is 13.2 Å². The summed E-state index contributed by atoms with van der Waals surface area (Å²) in [7, 11) is -3.29. The Morgan fingerprint density at radius 1 is 1.44 bits per heavy atom. The number of hydrogen-bond donors (Lipinski definition) is 1. The van der Waals surface area contributed by atoms with Crippen molar-refractivity contribution in [2.24, 2.45) is 0 Å². The highest BCUT2D eigenvalue weighted by molar-refractivity contribution is 7.87. The Bertz CT molecular complexity index is 386. The van der Waals surface area contributed by atoms with Gasteiger partial charge < -0.3 is 4.90 Å². The van der Waals surface area contributed by atoms with Gasteiger partial charge in [-0.1, -0.05) is 0 Å². The lowest BCUT2D eigenvalue weighted by molar-refractivity contribution is -0.132. The number of amides is 1. The molecule has 0 aromatic rings. The number of nitrogens with zero attached hydrogens (tertiary/aromatic N) is 2. The van der Waals surface area contributed by atoms with Crippen LogP contribution in [0.25, 0.3) is 0 Å². The van der Waals surface area contributed by atoms with Crippen LogP contribution in [-0.4, -0.2) is 61.6 Å². The molecule has 2 aliphatic rings. The normalized spacial score (nSPS) is 29.1. The predicted octanol–water partition coefficient (Wildman–Crippen LogP) is -1.02. The molecule has 2 saturated heterocycles. The second-order valence-corrected chi connectivity index (χ2v) is 5.98. The molecule has 0 aromatic carbocycles. The first-order chi connectivity index (χ1) is 7.54. The van der Waals surface area contributed by atoms with Gasteiger partial charge in [-0.25, -0.2) is 4.72 Å². The third-order valence-electron chi connectivity index (χ3n) is 2.90. The first kappa shape index (κ1) is 12.1. The lowest BCUT2D eigenvalue weighted by atomic mass is 10.2. The molecule has 2 rings (SSSR count). The van der Waals surface area contributed by atoms with Crippen molar-refractivity contribution < 1.29 is 13.2 Å². The highest BCUT2D eigenvalue weighted by Crippen LogP contribution is 2.18. The molecule has 1 amide bonds. The average Bonchev–Trinajstić information content (AvgIpc) is 2.55. The standard InChI is InChI=1S/C8H14ClN3O3S/c9-2-1-8(13)11-3-4-12-7(6-11)5-10-16(12,14)15/h7,10H,1-6H2. The molecule has 0 aromatic heterocycles. The number of piperazine rings is 1. The monoisotopic (exact) mass is 267 g/mol. The summed E-state index contributed by atoms with van der Waals surface area (Å²) in [6.45, 7) is 1.66. The van der Waals surface area contributed by atoms with Crippen molar-refractivity contribution in [3.05, 3.63) is 0 Å². The highest BCUT2D eigenvalue weighted by Gasteiger charge is 2.41. The zero-order valence-electron chi connectivity index (χ0n) is 8.73. The third kappa shape index (κ3) is 2.17. The summed E-state index contributed by atoms with van der Waals surface area (Å²) in [5.41, 5.74) is 0. The molecule has 0 saturated carbocycles. The Hall–Kier alpha value is -0.370. The number of fused-ring (bicyclic) bond motifs is 1. The topological polar surface area (TPSA) is 69.7 Å². The maximum absolute atomic E-state index is 11.6. The molecule has 1 atom stereocenters. The van der Waals surface area contributed by atoms with E-state index >= 15 is 0 Å². The summed E-state index contributed by atoms with van der Waals surface area (Å²) >= 11 is 5.51. The van der Waals surface area contributed by atoms with Crippen molar-refractivity contribution in [3.8, 4) is 0 Å². The Balaban J connectivity index is 2.01. The lowest BCUT2D eigenvalue weighted by Gasteiger charge is -2.35. The van der Waals surface area contributed by atoms with Gasteiger partial charge in [0.15, 0.2) is 0 Å². The largest absolute Gasteiger partial charge is 0.340 e. The van der Waals surface area contributed by atoms with Crippen molar-refractivity contribution in [2.75, 3.05) is 32.1 Å². The van der Waals surface area contributed by atoms with Crippen LogP contribution in [0, 0.1) is 0 Å². The molecule has 1 N–H and O–H groups in total. The zero-order chi connectivity index (χ0) is 11.8. The third-order valence-corrected chi connectivity index (χ3v) is 4.72. The molecule has 2 heterocycles. The lowest BCUT2D eigenvalue weighted by Crippen LogP contribution is -2.53. The summed E-state index contributed by atoms with van der Waals surface area (Å²) in [5.74, 6) is 0.305. The fraction of sp³-hybridized carbons (Fsp3) is 0.875. The van der Waals surface area contributed by atoms with E-state index in [1.54, 1.807) is 4.90 Å². The molecular weight excluding hydrogens is 254 g/mol. The first-order valence-electron chi connectivity index (χ1n) is 5.15. The number of rotatable bonds is 2. The van der Waals surface area contributed by atoms with Crippen LogP contribution in [0.5, 0.6) is 0 Å². The van der Waals surface area contributed by atoms with Crippen molar-refractivity contribution in [2.45, 2.75) is 12.5 Å². The number of halogens is 1. The van der Waals surface area contributed by atoms with E-state index in [2.05, 4.69) is 4.72 Å². The average molecular weight is 268 g/mol. The minimum atomic E-state index is -3.29. The number of hydrogen-bond acceptors (Lipinski definition) is 3. The molecule has 2 aliphatic heterocycles. The van der Waals surface area contributed by atoms with Crippen molar-refractivity contribution in [1.29, 1.82) is 0 Å². The van der Waals surface area contributed by atoms with Gasteiger partial charge in [0.05, 0.1) is 6.04 Å². The van der Waals surface area contributed by atoms with Gasteiger partial charge in [-0.3, -0.25) is 4.79 Å². The van der Waals surface area contributed by atoms with Crippen LogP contribution in [0.2, 0.25) is 0 Å². The van der Waals surface area contributed by atoms with Crippen LogP contribution in [0.15, 0.2) is 0 Å². The number of alkyl halides is 1. The Kier molecular flexibility index (Phi) is 3.39. The summed E-state index contributed by atoms with van der Waals surface area (Å²) in [5, 5.41) is 0. The molecule has 8 heteroatoms. The molecule has 0 spiro atoms. The molecule has 6 nitrogen and oxygen atoms in total. The van der Waals surface area contributed by atoms with E-state index in [0.717, 1.165) is 0 Å². The van der Waals surface area contributed by atoms with Crippen molar-refractivity contribution in [1.82, 2.24) is 13.9 Å². The molecule has 92 valence electrons. The van der Waals surface area contributed by atoms with Crippen LogP contribution < -0.4 is 4.72 Å². The van der Waals surface area contributed by atoms with Gasteiger partial charge in [0.1, 0.15) is 0 Å². The minimum Gasteiger partial charge on any atom is -0.340 e. The van der Waals surface area contributed by atoms with Crippen molar-refractivity contribution >= 4 is 27.7 Å². The Morgan fingerprint density at radius 3 is 2.88 bits per heavy atom. The Labute approximate surface area is 99.7 Å². The smallest absolute Gasteiger partial charge is 0.279 e. The van der Waals surface area contributed by atoms with Gasteiger partial charge in [-0.2, -0.15) is 12.7 Å².